The maximum absolute atomic E-state index is 13.4. The number of carbonyl (C=O) groups is 1. The van der Waals surface area contributed by atoms with E-state index in [1.807, 2.05) is 17.8 Å². The lowest BCUT2D eigenvalue weighted by Gasteiger charge is -2.28. The van der Waals surface area contributed by atoms with Gasteiger partial charge in [-0.15, -0.1) is 0 Å². The van der Waals surface area contributed by atoms with Crippen molar-refractivity contribution in [1.29, 1.82) is 0 Å². The van der Waals surface area contributed by atoms with Gasteiger partial charge in [0.1, 0.15) is 17.3 Å². The predicted octanol–water partition coefficient (Wildman–Crippen LogP) is 4.54. The molecule has 8 nitrogen and oxygen atoms in total. The number of aromatic nitrogens is 2. The van der Waals surface area contributed by atoms with Crippen molar-refractivity contribution < 1.29 is 23.4 Å². The van der Waals surface area contributed by atoms with E-state index in [4.69, 9.17) is 25.8 Å². The molecule has 0 saturated carbocycles. The zero-order valence-corrected chi connectivity index (χ0v) is 20.0. The second kappa shape index (κ2) is 10.3. The Balaban J connectivity index is 1.44. The number of hydrogen-bond acceptors (Lipinski definition) is 5. The second-order valence-corrected chi connectivity index (χ2v) is 8.31. The van der Waals surface area contributed by atoms with Gasteiger partial charge in [-0.25, -0.2) is 9.18 Å². The van der Waals surface area contributed by atoms with Crippen molar-refractivity contribution in [2.24, 2.45) is 7.05 Å². The van der Waals surface area contributed by atoms with Crippen molar-refractivity contribution in [2.45, 2.75) is 26.2 Å². The maximum atomic E-state index is 13.4. The molecule has 0 fully saturated rings. The number of rotatable bonds is 7. The molecular weight excluding hydrogens is 463 g/mol. The molecule has 3 aromatic rings. The van der Waals surface area contributed by atoms with E-state index in [9.17, 15) is 9.18 Å². The van der Waals surface area contributed by atoms with Crippen LogP contribution in [0.25, 0.3) is 0 Å². The lowest BCUT2D eigenvalue weighted by Crippen LogP contribution is -2.39. The topological polar surface area (TPSA) is 77.8 Å². The SMILES string of the molecule is COc1cc(OC)c(NC(=O)N2CCc3c(c(COCc4cccc(F)c4)nn3C)C2)cc1Cl. The Kier molecular flexibility index (Phi) is 7.23. The van der Waals surface area contributed by atoms with Gasteiger partial charge in [-0.1, -0.05) is 23.7 Å². The van der Waals surface area contributed by atoms with Crippen LogP contribution in [0.5, 0.6) is 11.5 Å². The van der Waals surface area contributed by atoms with Crippen molar-refractivity contribution in [3.8, 4) is 11.5 Å². The van der Waals surface area contributed by atoms with E-state index in [2.05, 4.69) is 10.4 Å². The number of anilines is 1. The summed E-state index contributed by atoms with van der Waals surface area (Å²) in [4.78, 5) is 14.8. The van der Waals surface area contributed by atoms with E-state index in [0.717, 1.165) is 22.5 Å². The van der Waals surface area contributed by atoms with Crippen LogP contribution in [0.3, 0.4) is 0 Å². The Bertz CT molecular complexity index is 1200. The van der Waals surface area contributed by atoms with Crippen molar-refractivity contribution in [3.05, 3.63) is 69.8 Å². The average Bonchev–Trinajstić information content (AvgIpc) is 3.14. The Morgan fingerprint density at radius 1 is 1.18 bits per heavy atom. The molecule has 0 bridgehead atoms. The second-order valence-electron chi connectivity index (χ2n) is 7.91. The number of carbonyl (C=O) groups excluding carboxylic acids is 1. The summed E-state index contributed by atoms with van der Waals surface area (Å²) in [6.07, 6.45) is 0.663. The molecule has 180 valence electrons. The fourth-order valence-corrected chi connectivity index (χ4v) is 4.24. The van der Waals surface area contributed by atoms with Gasteiger partial charge in [0, 0.05) is 37.3 Å². The van der Waals surface area contributed by atoms with Crippen molar-refractivity contribution in [3.63, 3.8) is 0 Å². The summed E-state index contributed by atoms with van der Waals surface area (Å²) in [5.74, 6) is 0.602. The van der Waals surface area contributed by atoms with Crippen LogP contribution in [0.4, 0.5) is 14.9 Å². The standard InChI is InChI=1S/C24H26ClFN4O4/c1-29-21-7-8-30(24(31)27-19-10-18(25)22(32-2)11-23(19)33-3)12-17(21)20(28-29)14-34-13-15-5-4-6-16(26)9-15/h4-6,9-11H,7-8,12-14H2,1-3H3,(H,27,31). The molecule has 1 aliphatic heterocycles. The van der Waals surface area contributed by atoms with Crippen molar-refractivity contribution in [1.82, 2.24) is 14.7 Å². The molecule has 0 spiro atoms. The molecule has 0 unspecified atom stereocenters. The van der Waals surface area contributed by atoms with Gasteiger partial charge in [0.2, 0.25) is 0 Å². The average molecular weight is 489 g/mol. The van der Waals surface area contributed by atoms with Gasteiger partial charge >= 0.3 is 6.03 Å². The molecular formula is C24H26ClFN4O4. The number of nitrogens with zero attached hydrogens (tertiary/aromatic N) is 3. The van der Waals surface area contributed by atoms with E-state index in [0.29, 0.717) is 41.7 Å². The van der Waals surface area contributed by atoms with Crippen LogP contribution >= 0.6 is 11.6 Å². The number of hydrogen-bond donors (Lipinski definition) is 1. The third kappa shape index (κ3) is 5.10. The molecule has 0 saturated heterocycles. The van der Waals surface area contributed by atoms with E-state index < -0.39 is 0 Å². The Hall–Kier alpha value is -3.30. The predicted molar refractivity (Wildman–Crippen MR) is 126 cm³/mol. The number of benzene rings is 2. The highest BCUT2D eigenvalue weighted by atomic mass is 35.5. The Labute approximate surface area is 202 Å². The van der Waals surface area contributed by atoms with Crippen LogP contribution in [-0.2, 0) is 38.0 Å². The van der Waals surface area contributed by atoms with Gasteiger partial charge in [-0.05, 0) is 23.8 Å². The Morgan fingerprint density at radius 3 is 2.71 bits per heavy atom. The van der Waals surface area contributed by atoms with Gasteiger partial charge < -0.3 is 24.4 Å². The van der Waals surface area contributed by atoms with E-state index in [-0.39, 0.29) is 25.1 Å². The number of ether oxygens (including phenoxy) is 3. The zero-order valence-electron chi connectivity index (χ0n) is 19.2. The first-order valence-corrected chi connectivity index (χ1v) is 11.1. The van der Waals surface area contributed by atoms with E-state index in [1.54, 1.807) is 23.1 Å². The summed E-state index contributed by atoms with van der Waals surface area (Å²) in [6, 6.07) is 9.25. The van der Waals surface area contributed by atoms with Gasteiger partial charge in [-0.2, -0.15) is 5.10 Å². The minimum Gasteiger partial charge on any atom is -0.495 e. The third-order valence-corrected chi connectivity index (χ3v) is 6.02. The molecule has 2 amide bonds. The molecule has 1 N–H and O–H groups in total. The number of aryl methyl sites for hydroxylation is 1. The van der Waals surface area contributed by atoms with E-state index >= 15 is 0 Å². The van der Waals surface area contributed by atoms with Gasteiger partial charge in [-0.3, -0.25) is 4.68 Å². The highest BCUT2D eigenvalue weighted by molar-refractivity contribution is 6.32. The number of amides is 2. The van der Waals surface area contributed by atoms with Crippen LogP contribution in [-0.4, -0.2) is 41.5 Å². The fraction of sp³-hybridized carbons (Fsp3) is 0.333. The quantitative estimate of drug-likeness (QED) is 0.528. The maximum Gasteiger partial charge on any atom is 0.322 e. The minimum absolute atomic E-state index is 0.261. The molecule has 10 heteroatoms. The number of fused-ring (bicyclic) bond motifs is 1. The number of methoxy groups -OCH3 is 2. The van der Waals surface area contributed by atoms with Crippen molar-refractivity contribution >= 4 is 23.3 Å². The molecule has 0 radical (unpaired) electrons. The number of nitrogens with one attached hydrogen (secondary N) is 1. The van der Waals surface area contributed by atoms with Crippen LogP contribution in [0.2, 0.25) is 5.02 Å². The lowest BCUT2D eigenvalue weighted by molar-refractivity contribution is 0.103. The zero-order chi connectivity index (χ0) is 24.2. The normalized spacial score (nSPS) is 12.9. The summed E-state index contributed by atoms with van der Waals surface area (Å²) in [7, 11) is 4.91. The summed E-state index contributed by atoms with van der Waals surface area (Å²) in [5.41, 5.74) is 3.99. The lowest BCUT2D eigenvalue weighted by atomic mass is 10.1. The van der Waals surface area contributed by atoms with Crippen LogP contribution in [0.15, 0.2) is 36.4 Å². The van der Waals surface area contributed by atoms with E-state index in [1.165, 1.54) is 26.4 Å². The highest BCUT2D eigenvalue weighted by Crippen LogP contribution is 2.36. The summed E-state index contributed by atoms with van der Waals surface area (Å²) in [6.45, 7) is 1.45. The first kappa shape index (κ1) is 23.8. The molecule has 1 aromatic heterocycles. The first-order valence-electron chi connectivity index (χ1n) is 10.7. The molecule has 2 heterocycles. The Morgan fingerprint density at radius 2 is 1.97 bits per heavy atom. The summed E-state index contributed by atoms with van der Waals surface area (Å²) in [5, 5.41) is 7.83. The molecule has 1 aliphatic rings. The summed E-state index contributed by atoms with van der Waals surface area (Å²) >= 11 is 6.23. The van der Waals surface area contributed by atoms with Gasteiger partial charge in [0.05, 0.1) is 50.4 Å². The molecule has 0 atom stereocenters. The monoisotopic (exact) mass is 488 g/mol. The number of urea groups is 1. The van der Waals surface area contributed by atoms with Crippen LogP contribution in [0, 0.1) is 5.82 Å². The molecule has 34 heavy (non-hydrogen) atoms. The smallest absolute Gasteiger partial charge is 0.322 e. The van der Waals surface area contributed by atoms with Crippen LogP contribution in [0.1, 0.15) is 22.5 Å². The molecule has 0 aliphatic carbocycles. The highest BCUT2D eigenvalue weighted by Gasteiger charge is 2.27. The molecule has 4 rings (SSSR count). The minimum atomic E-state index is -0.298. The fourth-order valence-electron chi connectivity index (χ4n) is 4.00. The summed E-state index contributed by atoms with van der Waals surface area (Å²) < 4.78 is 31.6. The third-order valence-electron chi connectivity index (χ3n) is 5.72. The largest absolute Gasteiger partial charge is 0.495 e. The molecule has 2 aromatic carbocycles. The van der Waals surface area contributed by atoms with Gasteiger partial charge in [0.25, 0.3) is 0 Å². The van der Waals surface area contributed by atoms with Crippen molar-refractivity contribution in [2.75, 3.05) is 26.1 Å². The number of halogens is 2. The van der Waals surface area contributed by atoms with Crippen LogP contribution < -0.4 is 14.8 Å². The first-order chi connectivity index (χ1) is 16.4. The van der Waals surface area contributed by atoms with Gasteiger partial charge in [0.15, 0.2) is 0 Å².